The first kappa shape index (κ1) is 16.0. The molecule has 6 heteroatoms. The van der Waals surface area contributed by atoms with Gasteiger partial charge in [-0.15, -0.1) is 0 Å². The summed E-state index contributed by atoms with van der Waals surface area (Å²) in [5.41, 5.74) is 2.99. The van der Waals surface area contributed by atoms with Crippen LogP contribution in [0.25, 0.3) is 11.3 Å². The number of hydrogen-bond acceptors (Lipinski definition) is 3. The van der Waals surface area contributed by atoms with Crippen molar-refractivity contribution in [3.8, 4) is 11.3 Å². The van der Waals surface area contributed by atoms with E-state index < -0.39 is 0 Å². The molecule has 120 valence electrons. The molecule has 0 saturated heterocycles. The maximum atomic E-state index is 12.3. The Morgan fingerprint density at radius 2 is 1.83 bits per heavy atom. The average molecular weight is 340 g/mol. The van der Waals surface area contributed by atoms with Crippen LogP contribution in [-0.4, -0.2) is 21.9 Å². The van der Waals surface area contributed by atoms with Gasteiger partial charge in [0.05, 0.1) is 5.69 Å². The summed E-state index contributed by atoms with van der Waals surface area (Å²) in [4.78, 5) is 23.5. The summed E-state index contributed by atoms with van der Waals surface area (Å²) in [6.07, 6.45) is 0. The Labute approximate surface area is 143 Å². The maximum absolute atomic E-state index is 12.3. The third-order valence-corrected chi connectivity index (χ3v) is 3.73. The molecule has 0 aliphatic rings. The van der Waals surface area contributed by atoms with Crippen LogP contribution < -0.4 is 5.32 Å². The number of ketones is 1. The lowest BCUT2D eigenvalue weighted by Crippen LogP contribution is -2.12. The van der Waals surface area contributed by atoms with Gasteiger partial charge in [0, 0.05) is 21.8 Å². The lowest BCUT2D eigenvalue weighted by Gasteiger charge is -2.04. The fourth-order valence-corrected chi connectivity index (χ4v) is 2.41. The van der Waals surface area contributed by atoms with Gasteiger partial charge in [0.2, 0.25) is 0 Å². The van der Waals surface area contributed by atoms with Gasteiger partial charge < -0.3 is 5.32 Å². The van der Waals surface area contributed by atoms with E-state index in [4.69, 9.17) is 11.6 Å². The second-order valence-corrected chi connectivity index (χ2v) is 5.70. The van der Waals surface area contributed by atoms with Gasteiger partial charge in [-0.3, -0.25) is 14.7 Å². The summed E-state index contributed by atoms with van der Waals surface area (Å²) >= 11 is 5.97. The summed E-state index contributed by atoms with van der Waals surface area (Å²) in [5.74, 6) is -0.334. The molecule has 3 rings (SSSR count). The smallest absolute Gasteiger partial charge is 0.273 e. The van der Waals surface area contributed by atoms with Crippen molar-refractivity contribution in [1.29, 1.82) is 0 Å². The van der Waals surface area contributed by atoms with Crippen LogP contribution in [-0.2, 0) is 0 Å². The van der Waals surface area contributed by atoms with Crippen LogP contribution in [0.2, 0.25) is 5.02 Å². The van der Waals surface area contributed by atoms with E-state index in [1.165, 1.54) is 6.92 Å². The third kappa shape index (κ3) is 3.52. The van der Waals surface area contributed by atoms with Crippen molar-refractivity contribution in [2.45, 2.75) is 6.92 Å². The molecule has 0 aliphatic carbocycles. The van der Waals surface area contributed by atoms with Crippen molar-refractivity contribution < 1.29 is 9.59 Å². The van der Waals surface area contributed by atoms with E-state index in [2.05, 4.69) is 15.5 Å². The first-order valence-corrected chi connectivity index (χ1v) is 7.64. The first-order chi connectivity index (χ1) is 11.5. The van der Waals surface area contributed by atoms with E-state index in [9.17, 15) is 9.59 Å². The predicted molar refractivity (Wildman–Crippen MR) is 93.4 cm³/mol. The molecule has 1 aromatic heterocycles. The summed E-state index contributed by atoms with van der Waals surface area (Å²) in [6.45, 7) is 1.50. The van der Waals surface area contributed by atoms with Gasteiger partial charge in [0.1, 0.15) is 5.69 Å². The second-order valence-electron chi connectivity index (χ2n) is 5.26. The molecule has 1 amide bonds. The monoisotopic (exact) mass is 339 g/mol. The number of carbonyl (C=O) groups is 2. The highest BCUT2D eigenvalue weighted by molar-refractivity contribution is 6.30. The Kier molecular flexibility index (Phi) is 4.44. The van der Waals surface area contributed by atoms with Gasteiger partial charge >= 0.3 is 0 Å². The molecular weight excluding hydrogens is 326 g/mol. The molecule has 0 aliphatic heterocycles. The molecule has 0 unspecified atom stereocenters. The first-order valence-electron chi connectivity index (χ1n) is 7.26. The molecule has 1 heterocycles. The van der Waals surface area contributed by atoms with Gasteiger partial charge in [-0.05, 0) is 49.4 Å². The van der Waals surface area contributed by atoms with Crippen LogP contribution in [0, 0.1) is 0 Å². The number of Topliss-reactive ketones (excluding diaryl/α,β-unsaturated/α-hetero) is 1. The molecule has 0 bridgehead atoms. The summed E-state index contributed by atoms with van der Waals surface area (Å²) < 4.78 is 0. The molecule has 0 saturated carbocycles. The van der Waals surface area contributed by atoms with Crippen LogP contribution >= 0.6 is 11.6 Å². The van der Waals surface area contributed by atoms with Crippen LogP contribution in [0.3, 0.4) is 0 Å². The largest absolute Gasteiger partial charge is 0.321 e. The zero-order valence-corrected chi connectivity index (χ0v) is 13.6. The standard InChI is InChI=1S/C18H14ClN3O2/c1-11(23)12-5-7-15(8-6-12)20-18(24)17-10-16(21-22-17)13-3-2-4-14(19)9-13/h2-10H,1H3,(H,20,24)(H,21,22). The highest BCUT2D eigenvalue weighted by Gasteiger charge is 2.12. The van der Waals surface area contributed by atoms with Crippen molar-refractivity contribution in [3.63, 3.8) is 0 Å². The number of aromatic amines is 1. The van der Waals surface area contributed by atoms with E-state index in [0.29, 0.717) is 27.7 Å². The Balaban J connectivity index is 1.75. The minimum Gasteiger partial charge on any atom is -0.321 e. The highest BCUT2D eigenvalue weighted by Crippen LogP contribution is 2.21. The summed E-state index contributed by atoms with van der Waals surface area (Å²) in [6, 6.07) is 15.6. The molecule has 0 spiro atoms. The molecule has 2 aromatic carbocycles. The lowest BCUT2D eigenvalue weighted by molar-refractivity contribution is 0.101. The number of anilines is 1. The highest BCUT2D eigenvalue weighted by atomic mass is 35.5. The van der Waals surface area contributed by atoms with Crippen molar-refractivity contribution >= 4 is 29.0 Å². The lowest BCUT2D eigenvalue weighted by atomic mass is 10.1. The fraction of sp³-hybridized carbons (Fsp3) is 0.0556. The summed E-state index contributed by atoms with van der Waals surface area (Å²) in [7, 11) is 0. The Bertz CT molecular complexity index is 901. The topological polar surface area (TPSA) is 74.8 Å². The van der Waals surface area contributed by atoms with Crippen LogP contribution in [0.15, 0.2) is 54.6 Å². The van der Waals surface area contributed by atoms with E-state index in [-0.39, 0.29) is 11.7 Å². The molecule has 5 nitrogen and oxygen atoms in total. The minimum absolute atomic E-state index is 0.0207. The average Bonchev–Trinajstić information content (AvgIpc) is 3.05. The van der Waals surface area contributed by atoms with Gasteiger partial charge in [0.25, 0.3) is 5.91 Å². The molecule has 2 N–H and O–H groups in total. The van der Waals surface area contributed by atoms with Crippen LogP contribution in [0.1, 0.15) is 27.8 Å². The number of nitrogens with zero attached hydrogens (tertiary/aromatic N) is 1. The number of aromatic nitrogens is 2. The number of hydrogen-bond donors (Lipinski definition) is 2. The SMILES string of the molecule is CC(=O)c1ccc(NC(=O)c2cc(-c3cccc(Cl)c3)n[nH]2)cc1. The Morgan fingerprint density at radius 3 is 2.50 bits per heavy atom. The van der Waals surface area contributed by atoms with Crippen molar-refractivity contribution in [3.05, 3.63) is 70.9 Å². The van der Waals surface area contributed by atoms with E-state index in [1.54, 1.807) is 42.5 Å². The zero-order valence-electron chi connectivity index (χ0n) is 12.8. The Morgan fingerprint density at radius 1 is 1.08 bits per heavy atom. The third-order valence-electron chi connectivity index (χ3n) is 3.49. The quantitative estimate of drug-likeness (QED) is 0.700. The molecular formula is C18H14ClN3O2. The zero-order chi connectivity index (χ0) is 17.1. The number of benzene rings is 2. The molecule has 0 fully saturated rings. The van der Waals surface area contributed by atoms with Crippen molar-refractivity contribution in [2.24, 2.45) is 0 Å². The number of carbonyl (C=O) groups excluding carboxylic acids is 2. The minimum atomic E-state index is -0.314. The molecule has 3 aromatic rings. The molecule has 0 radical (unpaired) electrons. The molecule has 0 atom stereocenters. The number of nitrogens with one attached hydrogen (secondary N) is 2. The van der Waals surface area contributed by atoms with Crippen LogP contribution in [0.4, 0.5) is 5.69 Å². The number of halogens is 1. The van der Waals surface area contributed by atoms with Gasteiger partial charge in [-0.1, -0.05) is 23.7 Å². The van der Waals surface area contributed by atoms with Crippen LogP contribution in [0.5, 0.6) is 0 Å². The number of rotatable bonds is 4. The van der Waals surface area contributed by atoms with E-state index in [0.717, 1.165) is 5.56 Å². The fourth-order valence-electron chi connectivity index (χ4n) is 2.22. The molecule has 24 heavy (non-hydrogen) atoms. The second kappa shape index (κ2) is 6.68. The number of amides is 1. The Hall–Kier alpha value is -2.92. The van der Waals surface area contributed by atoms with Crippen molar-refractivity contribution in [1.82, 2.24) is 10.2 Å². The normalized spacial score (nSPS) is 10.4. The van der Waals surface area contributed by atoms with Gasteiger partial charge in [0.15, 0.2) is 5.78 Å². The summed E-state index contributed by atoms with van der Waals surface area (Å²) in [5, 5.41) is 10.2. The number of H-pyrrole nitrogens is 1. The van der Waals surface area contributed by atoms with E-state index >= 15 is 0 Å². The predicted octanol–water partition coefficient (Wildman–Crippen LogP) is 4.19. The maximum Gasteiger partial charge on any atom is 0.273 e. The van der Waals surface area contributed by atoms with Gasteiger partial charge in [-0.2, -0.15) is 5.10 Å². The van der Waals surface area contributed by atoms with Crippen molar-refractivity contribution in [2.75, 3.05) is 5.32 Å². The van der Waals surface area contributed by atoms with E-state index in [1.807, 2.05) is 12.1 Å². The van der Waals surface area contributed by atoms with Gasteiger partial charge in [-0.25, -0.2) is 0 Å².